The van der Waals surface area contributed by atoms with Crippen LogP contribution in [0, 0.1) is 18.3 Å². The zero-order chi connectivity index (χ0) is 25.9. The molecule has 0 aromatic heterocycles. The molecule has 2 fully saturated rings. The van der Waals surface area contributed by atoms with E-state index in [4.69, 9.17) is 14.8 Å². The van der Waals surface area contributed by atoms with Gasteiger partial charge in [0.25, 0.3) is 0 Å². The van der Waals surface area contributed by atoms with Gasteiger partial charge in [0, 0.05) is 38.6 Å². The van der Waals surface area contributed by atoms with E-state index in [9.17, 15) is 9.59 Å². The fourth-order valence-electron chi connectivity index (χ4n) is 3.96. The molecule has 1 atom stereocenters. The van der Waals surface area contributed by atoms with Crippen LogP contribution in [0.15, 0.2) is 24.3 Å². The summed E-state index contributed by atoms with van der Waals surface area (Å²) in [5.41, 5.74) is 0.932. The number of hydrogen-bond acceptors (Lipinski definition) is 6. The van der Waals surface area contributed by atoms with Gasteiger partial charge in [0.2, 0.25) is 5.91 Å². The number of para-hydroxylation sites is 1. The number of nitrogens with one attached hydrogen (secondary N) is 1. The molecular formula is C26H42N4O4. The van der Waals surface area contributed by atoms with E-state index in [1.807, 2.05) is 57.6 Å². The standard InChI is InChI=1S/C21H31N3O3.C2H3N.C2H6.CH2O/c1-16-8-6-7-11-19(16)27-21(26)23-12-13-24(17(2)15-23)20(25)14-22-18-9-4-3-5-10-18;1-2-3;2*1-2/h6-8,11,17-18,22H,3-5,9-10,12-15H2,1-2H3;1H3;1-2H3;1H2/t17-;;;/m1.../s1. The third-order valence-corrected chi connectivity index (χ3v) is 5.64. The number of aryl methyl sites for hydroxylation is 1. The summed E-state index contributed by atoms with van der Waals surface area (Å²) >= 11 is 0. The number of hydrogen-bond donors (Lipinski definition) is 1. The largest absolute Gasteiger partial charge is 0.415 e. The number of benzene rings is 1. The lowest BCUT2D eigenvalue weighted by molar-refractivity contribution is -0.134. The van der Waals surface area contributed by atoms with Crippen molar-refractivity contribution in [2.24, 2.45) is 0 Å². The minimum atomic E-state index is -0.344. The molecule has 1 N–H and O–H groups in total. The SMILES string of the molecule is C=O.CC.CC#N.Cc1ccccc1OC(=O)N1CCN(C(=O)CNC2CCCCC2)[C@H](C)C1. The molecule has 1 aliphatic carbocycles. The lowest BCUT2D eigenvalue weighted by Gasteiger charge is -2.39. The minimum Gasteiger partial charge on any atom is -0.410 e. The highest BCUT2D eigenvalue weighted by Crippen LogP contribution is 2.19. The Labute approximate surface area is 205 Å². The van der Waals surface area contributed by atoms with Crippen molar-refractivity contribution in [2.45, 2.75) is 78.8 Å². The number of carbonyl (C=O) groups excluding carboxylic acids is 3. The van der Waals surface area contributed by atoms with Gasteiger partial charge in [-0.2, -0.15) is 5.26 Å². The zero-order valence-electron chi connectivity index (χ0n) is 21.5. The van der Waals surface area contributed by atoms with Gasteiger partial charge in [0.05, 0.1) is 12.6 Å². The van der Waals surface area contributed by atoms with Crippen LogP contribution in [0.3, 0.4) is 0 Å². The van der Waals surface area contributed by atoms with Crippen LogP contribution in [-0.2, 0) is 9.59 Å². The van der Waals surface area contributed by atoms with Crippen LogP contribution in [0.1, 0.15) is 65.4 Å². The van der Waals surface area contributed by atoms with E-state index in [1.54, 1.807) is 17.0 Å². The molecular weight excluding hydrogens is 432 g/mol. The molecule has 8 heteroatoms. The van der Waals surface area contributed by atoms with Gasteiger partial charge >= 0.3 is 6.09 Å². The lowest BCUT2D eigenvalue weighted by atomic mass is 9.95. The fraction of sp³-hybridized carbons (Fsp3) is 0.615. The van der Waals surface area contributed by atoms with Gasteiger partial charge in [0.1, 0.15) is 12.5 Å². The zero-order valence-corrected chi connectivity index (χ0v) is 21.5. The quantitative estimate of drug-likeness (QED) is 0.697. The number of nitriles is 1. The van der Waals surface area contributed by atoms with Gasteiger partial charge in [0.15, 0.2) is 0 Å². The summed E-state index contributed by atoms with van der Waals surface area (Å²) in [5, 5.41) is 10.7. The molecule has 190 valence electrons. The molecule has 0 radical (unpaired) electrons. The normalized spacial score (nSPS) is 17.4. The van der Waals surface area contributed by atoms with E-state index >= 15 is 0 Å². The Balaban J connectivity index is 0.00000141. The van der Waals surface area contributed by atoms with Crippen LogP contribution in [0.25, 0.3) is 0 Å². The third-order valence-electron chi connectivity index (χ3n) is 5.64. The number of carbonyl (C=O) groups is 3. The van der Waals surface area contributed by atoms with E-state index in [0.29, 0.717) is 38.0 Å². The van der Waals surface area contributed by atoms with Gasteiger partial charge in [-0.15, -0.1) is 0 Å². The number of ether oxygens (including phenoxy) is 1. The lowest BCUT2D eigenvalue weighted by Crippen LogP contribution is -2.57. The topological polar surface area (TPSA) is 103 Å². The van der Waals surface area contributed by atoms with Gasteiger partial charge < -0.3 is 24.6 Å². The molecule has 2 amide bonds. The van der Waals surface area contributed by atoms with E-state index in [2.05, 4.69) is 5.32 Å². The summed E-state index contributed by atoms with van der Waals surface area (Å²) in [4.78, 5) is 36.6. The van der Waals surface area contributed by atoms with Crippen LogP contribution in [0.4, 0.5) is 4.79 Å². The van der Waals surface area contributed by atoms with Crippen molar-refractivity contribution in [3.05, 3.63) is 29.8 Å². The Morgan fingerprint density at radius 3 is 2.29 bits per heavy atom. The first-order chi connectivity index (χ1) is 16.5. The maximum atomic E-state index is 12.6. The molecule has 0 unspecified atom stereocenters. The molecule has 2 aliphatic rings. The molecule has 1 heterocycles. The highest BCUT2D eigenvalue weighted by molar-refractivity contribution is 5.79. The highest BCUT2D eigenvalue weighted by Gasteiger charge is 2.31. The van der Waals surface area contributed by atoms with Gasteiger partial charge in [-0.1, -0.05) is 51.3 Å². The van der Waals surface area contributed by atoms with E-state index in [-0.39, 0.29) is 18.0 Å². The van der Waals surface area contributed by atoms with Crippen LogP contribution in [0.5, 0.6) is 5.75 Å². The predicted octanol–water partition coefficient (Wildman–Crippen LogP) is 4.32. The number of piperazine rings is 1. The van der Waals surface area contributed by atoms with Crippen LogP contribution >= 0.6 is 0 Å². The molecule has 1 saturated heterocycles. The summed E-state index contributed by atoms with van der Waals surface area (Å²) in [6.45, 7) is 13.3. The summed E-state index contributed by atoms with van der Waals surface area (Å²) < 4.78 is 5.53. The second kappa shape index (κ2) is 18.5. The molecule has 8 nitrogen and oxygen atoms in total. The second-order valence-corrected chi connectivity index (χ2v) is 7.96. The van der Waals surface area contributed by atoms with Crippen LogP contribution < -0.4 is 10.1 Å². The number of amides is 2. The van der Waals surface area contributed by atoms with Crippen molar-refractivity contribution >= 4 is 18.8 Å². The third kappa shape index (κ3) is 10.8. The van der Waals surface area contributed by atoms with Crippen LogP contribution in [-0.4, -0.2) is 66.9 Å². The fourth-order valence-corrected chi connectivity index (χ4v) is 3.96. The number of rotatable bonds is 4. The molecule has 1 aromatic rings. The van der Waals surface area contributed by atoms with Crippen molar-refractivity contribution < 1.29 is 19.1 Å². The van der Waals surface area contributed by atoms with Crippen molar-refractivity contribution in [3.8, 4) is 11.8 Å². The van der Waals surface area contributed by atoms with Gasteiger partial charge in [-0.05, 0) is 38.3 Å². The maximum Gasteiger partial charge on any atom is 0.415 e. The first kappa shape index (κ1) is 31.1. The molecule has 1 aromatic carbocycles. The Bertz CT molecular complexity index is 759. The summed E-state index contributed by atoms with van der Waals surface area (Å²) in [7, 11) is 0. The Morgan fingerprint density at radius 2 is 1.74 bits per heavy atom. The molecule has 1 aliphatic heterocycles. The Hall–Kier alpha value is -2.92. The molecule has 34 heavy (non-hydrogen) atoms. The first-order valence-electron chi connectivity index (χ1n) is 12.1. The van der Waals surface area contributed by atoms with Gasteiger partial charge in [-0.25, -0.2) is 4.79 Å². The van der Waals surface area contributed by atoms with Gasteiger partial charge in [-0.3, -0.25) is 4.79 Å². The van der Waals surface area contributed by atoms with Crippen molar-refractivity contribution in [1.29, 1.82) is 5.26 Å². The van der Waals surface area contributed by atoms with E-state index in [1.165, 1.54) is 39.0 Å². The average molecular weight is 475 g/mol. The first-order valence-corrected chi connectivity index (χ1v) is 12.1. The van der Waals surface area contributed by atoms with E-state index in [0.717, 1.165) is 5.56 Å². The van der Waals surface area contributed by atoms with Crippen molar-refractivity contribution in [2.75, 3.05) is 26.2 Å². The Morgan fingerprint density at radius 1 is 1.15 bits per heavy atom. The molecule has 1 saturated carbocycles. The monoisotopic (exact) mass is 474 g/mol. The summed E-state index contributed by atoms with van der Waals surface area (Å²) in [6, 6.07) is 9.70. The van der Waals surface area contributed by atoms with E-state index < -0.39 is 0 Å². The minimum absolute atomic E-state index is 0.0103. The Kier molecular flexibility index (Phi) is 16.9. The predicted molar refractivity (Wildman–Crippen MR) is 135 cm³/mol. The maximum absolute atomic E-state index is 12.6. The number of nitrogens with zero attached hydrogens (tertiary/aromatic N) is 3. The van der Waals surface area contributed by atoms with Crippen molar-refractivity contribution in [1.82, 2.24) is 15.1 Å². The van der Waals surface area contributed by atoms with Crippen LogP contribution in [0.2, 0.25) is 0 Å². The van der Waals surface area contributed by atoms with Crippen molar-refractivity contribution in [3.63, 3.8) is 0 Å². The summed E-state index contributed by atoms with van der Waals surface area (Å²) in [6.07, 6.45) is 5.81. The molecule has 0 spiro atoms. The average Bonchev–Trinajstić information content (AvgIpc) is 2.87. The molecule has 3 rings (SSSR count). The summed E-state index contributed by atoms with van der Waals surface area (Å²) in [5.74, 6) is 0.713. The smallest absolute Gasteiger partial charge is 0.410 e. The highest BCUT2D eigenvalue weighted by atomic mass is 16.6. The molecule has 0 bridgehead atoms. The second-order valence-electron chi connectivity index (χ2n) is 7.96.